The molecule has 0 spiro atoms. The average molecular weight is 362 g/mol. The lowest BCUT2D eigenvalue weighted by Crippen LogP contribution is -2.42. The van der Waals surface area contributed by atoms with E-state index in [0.29, 0.717) is 6.42 Å². The molecule has 0 aromatic heterocycles. The summed E-state index contributed by atoms with van der Waals surface area (Å²) in [4.78, 5) is 0. The first-order chi connectivity index (χ1) is 12.0. The van der Waals surface area contributed by atoms with Gasteiger partial charge in [0, 0.05) is 21.3 Å². The van der Waals surface area contributed by atoms with Gasteiger partial charge in [-0.2, -0.15) is 0 Å². The zero-order valence-electron chi connectivity index (χ0n) is 15.5. The highest BCUT2D eigenvalue weighted by molar-refractivity contribution is 5.24. The molecule has 0 heterocycles. The van der Waals surface area contributed by atoms with Crippen LogP contribution in [0.4, 0.5) is 13.2 Å². The quantitative estimate of drug-likeness (QED) is 0.278. The Morgan fingerprint density at radius 2 is 1.32 bits per heavy atom. The smallest absolute Gasteiger partial charge is 0.289 e. The lowest BCUT2D eigenvalue weighted by atomic mass is 9.90. The fourth-order valence-corrected chi connectivity index (χ4v) is 3.13. The van der Waals surface area contributed by atoms with Gasteiger partial charge < -0.3 is 14.2 Å². The Bertz CT molecular complexity index is 487. The molecule has 0 saturated carbocycles. The molecule has 3 nitrogen and oxygen atoms in total. The monoisotopic (exact) mass is 362 g/mol. The summed E-state index contributed by atoms with van der Waals surface area (Å²) in [7, 11) is 4.20. The number of hydrogen-bond donors (Lipinski definition) is 0. The maximum Gasteiger partial charge on any atom is 0.289 e. The van der Waals surface area contributed by atoms with Crippen LogP contribution in [-0.2, 0) is 14.2 Å². The molecule has 1 atom stereocenters. The highest BCUT2D eigenvalue weighted by Crippen LogP contribution is 2.38. The van der Waals surface area contributed by atoms with Crippen molar-refractivity contribution in [1.29, 1.82) is 0 Å². The summed E-state index contributed by atoms with van der Waals surface area (Å²) in [6.45, 7) is 2.15. The SMILES string of the molecule is CCCCCCCCC(c1cc(F)c(F)c(F)c1)C(OC)(OC)OC. The van der Waals surface area contributed by atoms with Crippen LogP contribution in [0.5, 0.6) is 0 Å². The maximum absolute atomic E-state index is 13.7. The van der Waals surface area contributed by atoms with Crippen LogP contribution in [0.25, 0.3) is 0 Å². The minimum Gasteiger partial charge on any atom is -0.330 e. The molecule has 144 valence electrons. The molecule has 0 N–H and O–H groups in total. The third-order valence-electron chi connectivity index (χ3n) is 4.54. The molecule has 0 aliphatic carbocycles. The summed E-state index contributed by atoms with van der Waals surface area (Å²) < 4.78 is 56.8. The first kappa shape index (κ1) is 21.9. The summed E-state index contributed by atoms with van der Waals surface area (Å²) in [5.74, 6) is -6.04. The van der Waals surface area contributed by atoms with Crippen molar-refractivity contribution in [3.05, 3.63) is 35.1 Å². The molecule has 1 unspecified atom stereocenters. The lowest BCUT2D eigenvalue weighted by Gasteiger charge is -2.36. The number of ether oxygens (including phenoxy) is 3. The fraction of sp³-hybridized carbons (Fsp3) is 0.684. The number of benzene rings is 1. The zero-order chi connectivity index (χ0) is 18.9. The summed E-state index contributed by atoms with van der Waals surface area (Å²) in [5, 5.41) is 0. The molecule has 0 amide bonds. The highest BCUT2D eigenvalue weighted by Gasteiger charge is 2.41. The predicted molar refractivity (Wildman–Crippen MR) is 90.8 cm³/mol. The molecule has 1 aromatic rings. The number of halogens is 3. The minimum absolute atomic E-state index is 0.246. The van der Waals surface area contributed by atoms with E-state index in [-0.39, 0.29) is 5.56 Å². The van der Waals surface area contributed by atoms with Crippen LogP contribution in [0.1, 0.15) is 63.4 Å². The molecule has 0 aliphatic rings. The van der Waals surface area contributed by atoms with Crippen molar-refractivity contribution >= 4 is 0 Å². The maximum atomic E-state index is 13.7. The standard InChI is InChI=1S/C19H29F3O3/c1-5-6-7-8-9-10-11-15(19(23-2,24-3)25-4)14-12-16(20)18(22)17(21)13-14/h12-13,15H,5-11H2,1-4H3. The molecular formula is C19H29F3O3. The van der Waals surface area contributed by atoms with Crippen LogP contribution >= 0.6 is 0 Å². The average Bonchev–Trinajstić information content (AvgIpc) is 2.62. The van der Waals surface area contributed by atoms with Crippen molar-refractivity contribution in [2.24, 2.45) is 0 Å². The molecule has 1 aromatic carbocycles. The Morgan fingerprint density at radius 3 is 1.80 bits per heavy atom. The van der Waals surface area contributed by atoms with E-state index in [1.54, 1.807) is 0 Å². The van der Waals surface area contributed by atoms with E-state index in [1.807, 2.05) is 0 Å². The molecule has 0 fully saturated rings. The number of hydrogen-bond acceptors (Lipinski definition) is 3. The molecule has 0 saturated heterocycles. The lowest BCUT2D eigenvalue weighted by molar-refractivity contribution is -0.365. The van der Waals surface area contributed by atoms with E-state index in [4.69, 9.17) is 14.2 Å². The van der Waals surface area contributed by atoms with E-state index in [1.165, 1.54) is 27.8 Å². The van der Waals surface area contributed by atoms with Crippen LogP contribution in [0.2, 0.25) is 0 Å². The third-order valence-corrected chi connectivity index (χ3v) is 4.54. The Morgan fingerprint density at radius 1 is 0.840 bits per heavy atom. The molecule has 0 aliphatic heterocycles. The van der Waals surface area contributed by atoms with E-state index in [0.717, 1.165) is 44.2 Å². The van der Waals surface area contributed by atoms with Gasteiger partial charge in [-0.3, -0.25) is 0 Å². The van der Waals surface area contributed by atoms with Crippen molar-refractivity contribution in [3.63, 3.8) is 0 Å². The van der Waals surface area contributed by atoms with Crippen LogP contribution in [0.15, 0.2) is 12.1 Å². The second-order valence-corrected chi connectivity index (χ2v) is 6.12. The summed E-state index contributed by atoms with van der Waals surface area (Å²) in [6.07, 6.45) is 6.93. The van der Waals surface area contributed by atoms with Crippen molar-refractivity contribution < 1.29 is 27.4 Å². The fourth-order valence-electron chi connectivity index (χ4n) is 3.13. The largest absolute Gasteiger partial charge is 0.330 e. The number of rotatable bonds is 12. The van der Waals surface area contributed by atoms with Gasteiger partial charge in [0.1, 0.15) is 0 Å². The van der Waals surface area contributed by atoms with E-state index < -0.39 is 29.3 Å². The van der Waals surface area contributed by atoms with Gasteiger partial charge in [-0.1, -0.05) is 45.4 Å². The predicted octanol–water partition coefficient (Wildman–Crippen LogP) is 5.53. The number of methoxy groups -OCH3 is 3. The van der Waals surface area contributed by atoms with Gasteiger partial charge >= 0.3 is 0 Å². The van der Waals surface area contributed by atoms with Gasteiger partial charge in [-0.15, -0.1) is 0 Å². The first-order valence-electron chi connectivity index (χ1n) is 8.75. The first-order valence-corrected chi connectivity index (χ1v) is 8.75. The highest BCUT2D eigenvalue weighted by atomic mass is 19.2. The van der Waals surface area contributed by atoms with Crippen molar-refractivity contribution in [2.75, 3.05) is 21.3 Å². The van der Waals surface area contributed by atoms with Crippen molar-refractivity contribution in [1.82, 2.24) is 0 Å². The molecular weight excluding hydrogens is 333 g/mol. The van der Waals surface area contributed by atoms with E-state index in [2.05, 4.69) is 6.92 Å². The van der Waals surface area contributed by atoms with Crippen LogP contribution in [0.3, 0.4) is 0 Å². The second-order valence-electron chi connectivity index (χ2n) is 6.12. The Hall–Kier alpha value is -1.11. The van der Waals surface area contributed by atoms with Crippen molar-refractivity contribution in [3.8, 4) is 0 Å². The molecule has 0 bridgehead atoms. The van der Waals surface area contributed by atoms with Gasteiger partial charge in [-0.25, -0.2) is 13.2 Å². The van der Waals surface area contributed by atoms with Gasteiger partial charge in [-0.05, 0) is 24.1 Å². The van der Waals surface area contributed by atoms with E-state index in [9.17, 15) is 13.2 Å². The van der Waals surface area contributed by atoms with E-state index >= 15 is 0 Å². The Balaban J connectivity index is 2.99. The molecule has 1 rings (SSSR count). The Kier molecular flexibility index (Phi) is 9.46. The third kappa shape index (κ3) is 5.69. The Labute approximate surface area is 148 Å². The summed E-state index contributed by atoms with van der Waals surface area (Å²) in [6, 6.07) is 1.96. The van der Waals surface area contributed by atoms with Crippen molar-refractivity contribution in [2.45, 2.75) is 63.8 Å². The van der Waals surface area contributed by atoms with Crippen LogP contribution < -0.4 is 0 Å². The molecule has 25 heavy (non-hydrogen) atoms. The van der Waals surface area contributed by atoms with Crippen LogP contribution in [-0.4, -0.2) is 27.3 Å². The topological polar surface area (TPSA) is 27.7 Å². The van der Waals surface area contributed by atoms with Gasteiger partial charge in [0.05, 0.1) is 5.92 Å². The summed E-state index contributed by atoms with van der Waals surface area (Å²) >= 11 is 0. The van der Waals surface area contributed by atoms with Gasteiger partial charge in [0.15, 0.2) is 17.5 Å². The minimum atomic E-state index is -1.49. The normalized spacial score (nSPS) is 13.2. The van der Waals surface area contributed by atoms with Gasteiger partial charge in [0.25, 0.3) is 5.97 Å². The summed E-state index contributed by atoms with van der Waals surface area (Å²) in [5.41, 5.74) is 0.246. The molecule has 6 heteroatoms. The van der Waals surface area contributed by atoms with Crippen LogP contribution in [0, 0.1) is 17.5 Å². The number of unbranched alkanes of at least 4 members (excludes halogenated alkanes) is 5. The van der Waals surface area contributed by atoms with Gasteiger partial charge in [0.2, 0.25) is 0 Å². The second kappa shape index (κ2) is 10.8. The zero-order valence-corrected chi connectivity index (χ0v) is 15.5. The molecule has 0 radical (unpaired) electrons.